The fourth-order valence-electron chi connectivity index (χ4n) is 2.24. The second-order valence-electron chi connectivity index (χ2n) is 6.01. The number of rotatable bonds is 7. The van der Waals surface area contributed by atoms with Crippen molar-refractivity contribution in [2.24, 2.45) is 0 Å². The number of imide groups is 1. The Morgan fingerprint density at radius 1 is 1.08 bits per heavy atom. The number of amides is 3. The molecule has 7 heteroatoms. The lowest BCUT2D eigenvalue weighted by Crippen LogP contribution is -2.44. The van der Waals surface area contributed by atoms with E-state index in [0.29, 0.717) is 5.75 Å². The lowest BCUT2D eigenvalue weighted by atomic mass is 10.1. The molecule has 1 aromatic carbocycles. The van der Waals surface area contributed by atoms with Crippen molar-refractivity contribution in [3.63, 3.8) is 0 Å². The highest BCUT2D eigenvalue weighted by molar-refractivity contribution is 5.95. The van der Waals surface area contributed by atoms with Crippen molar-refractivity contribution in [2.75, 3.05) is 13.2 Å². The van der Waals surface area contributed by atoms with Gasteiger partial charge in [-0.15, -0.1) is 0 Å². The molecule has 1 atom stereocenters. The van der Waals surface area contributed by atoms with Gasteiger partial charge in [-0.05, 0) is 45.2 Å². The lowest BCUT2D eigenvalue weighted by Gasteiger charge is -2.13. The summed E-state index contributed by atoms with van der Waals surface area (Å²) in [5.41, 5.74) is 2.95. The predicted octanol–water partition coefficient (Wildman–Crippen LogP) is 2.16. The first-order valence-corrected chi connectivity index (χ1v) is 8.19. The number of urea groups is 1. The Balaban J connectivity index is 2.38. The molecule has 0 radical (unpaired) electrons. The van der Waals surface area contributed by atoms with Gasteiger partial charge in [0.25, 0.3) is 5.91 Å². The number of esters is 1. The molecule has 3 amide bonds. The molecule has 0 fully saturated rings. The number of nitrogens with one attached hydrogen (secondary N) is 2. The van der Waals surface area contributed by atoms with Crippen molar-refractivity contribution < 1.29 is 23.9 Å². The van der Waals surface area contributed by atoms with E-state index in [0.717, 1.165) is 23.1 Å². The Morgan fingerprint density at radius 2 is 1.68 bits per heavy atom. The summed E-state index contributed by atoms with van der Waals surface area (Å²) < 4.78 is 10.3. The molecule has 0 aromatic heterocycles. The van der Waals surface area contributed by atoms with Crippen LogP contribution in [0.1, 0.15) is 37.0 Å². The van der Waals surface area contributed by atoms with Gasteiger partial charge < -0.3 is 14.8 Å². The maximum absolute atomic E-state index is 11.7. The topological polar surface area (TPSA) is 93.7 Å². The zero-order valence-corrected chi connectivity index (χ0v) is 15.4. The van der Waals surface area contributed by atoms with Gasteiger partial charge in [-0.3, -0.25) is 10.1 Å². The normalized spacial score (nSPS) is 11.4. The van der Waals surface area contributed by atoms with E-state index in [1.807, 2.05) is 46.8 Å². The number of ether oxygens (including phenoxy) is 2. The van der Waals surface area contributed by atoms with E-state index in [4.69, 9.17) is 9.47 Å². The van der Waals surface area contributed by atoms with E-state index < -0.39 is 24.5 Å². The van der Waals surface area contributed by atoms with Crippen molar-refractivity contribution in [3.05, 3.63) is 28.8 Å². The third-order valence-corrected chi connectivity index (χ3v) is 3.55. The Hall–Kier alpha value is -2.57. The van der Waals surface area contributed by atoms with E-state index in [2.05, 4.69) is 10.6 Å². The summed E-state index contributed by atoms with van der Waals surface area (Å²) in [5.74, 6) is -0.756. The molecule has 0 unspecified atom stereocenters. The molecule has 0 spiro atoms. The first-order chi connectivity index (χ1) is 11.7. The van der Waals surface area contributed by atoms with Gasteiger partial charge in [-0.2, -0.15) is 0 Å². The number of benzene rings is 1. The Labute approximate surface area is 148 Å². The highest BCUT2D eigenvalue weighted by atomic mass is 16.6. The van der Waals surface area contributed by atoms with Crippen molar-refractivity contribution in [2.45, 2.75) is 47.1 Å². The number of hydrogen-bond donors (Lipinski definition) is 2. The maximum Gasteiger partial charge on any atom is 0.344 e. The molecule has 0 aliphatic heterocycles. The summed E-state index contributed by atoms with van der Waals surface area (Å²) in [6.07, 6.45) is 0.742. The van der Waals surface area contributed by atoms with Gasteiger partial charge in [0.2, 0.25) is 0 Å². The van der Waals surface area contributed by atoms with Gasteiger partial charge in [-0.1, -0.05) is 24.6 Å². The molecule has 1 rings (SSSR count). The van der Waals surface area contributed by atoms with E-state index in [1.165, 1.54) is 0 Å². The summed E-state index contributed by atoms with van der Waals surface area (Å²) in [4.78, 5) is 34.7. The molecule has 0 saturated carbocycles. The average molecular weight is 350 g/mol. The third kappa shape index (κ3) is 7.24. The van der Waals surface area contributed by atoms with Crippen LogP contribution in [-0.2, 0) is 14.3 Å². The minimum absolute atomic E-state index is 0.0512. The maximum atomic E-state index is 11.7. The molecular weight excluding hydrogens is 324 g/mol. The van der Waals surface area contributed by atoms with Crippen LogP contribution in [0.25, 0.3) is 0 Å². The second kappa shape index (κ2) is 9.66. The summed E-state index contributed by atoms with van der Waals surface area (Å²) in [6, 6.07) is 3.25. The van der Waals surface area contributed by atoms with Crippen LogP contribution < -0.4 is 15.4 Å². The van der Waals surface area contributed by atoms with Crippen LogP contribution in [0, 0.1) is 20.8 Å². The fourth-order valence-corrected chi connectivity index (χ4v) is 2.24. The van der Waals surface area contributed by atoms with E-state index >= 15 is 0 Å². The lowest BCUT2D eigenvalue weighted by molar-refractivity contribution is -0.150. The molecule has 0 heterocycles. The van der Waals surface area contributed by atoms with Gasteiger partial charge in [-0.25, -0.2) is 9.59 Å². The van der Waals surface area contributed by atoms with Crippen LogP contribution in [0.2, 0.25) is 0 Å². The largest absolute Gasteiger partial charge is 0.481 e. The van der Waals surface area contributed by atoms with Gasteiger partial charge in [0.1, 0.15) is 5.75 Å². The van der Waals surface area contributed by atoms with Crippen molar-refractivity contribution in [3.8, 4) is 5.75 Å². The molecule has 25 heavy (non-hydrogen) atoms. The Kier molecular flexibility index (Phi) is 7.91. The highest BCUT2D eigenvalue weighted by Crippen LogP contribution is 2.24. The van der Waals surface area contributed by atoms with Gasteiger partial charge in [0.05, 0.1) is 0 Å². The van der Waals surface area contributed by atoms with E-state index in [-0.39, 0.29) is 12.6 Å². The number of hydrogen-bond acceptors (Lipinski definition) is 5. The molecular formula is C18H26N2O5. The van der Waals surface area contributed by atoms with Crippen molar-refractivity contribution >= 4 is 17.9 Å². The van der Waals surface area contributed by atoms with E-state index in [9.17, 15) is 14.4 Å². The van der Waals surface area contributed by atoms with Gasteiger partial charge >= 0.3 is 12.0 Å². The summed E-state index contributed by atoms with van der Waals surface area (Å²) in [6.45, 7) is 8.64. The van der Waals surface area contributed by atoms with Crippen molar-refractivity contribution in [1.82, 2.24) is 10.6 Å². The van der Waals surface area contributed by atoms with Crippen molar-refractivity contribution in [1.29, 1.82) is 0 Å². The zero-order valence-electron chi connectivity index (χ0n) is 15.4. The molecule has 0 aliphatic carbocycles. The van der Waals surface area contributed by atoms with Crippen LogP contribution in [0.5, 0.6) is 5.75 Å². The Morgan fingerprint density at radius 3 is 2.24 bits per heavy atom. The SMILES string of the molecule is CC[C@@H](C)NC(=O)NC(=O)COC(=O)COc1c(C)cc(C)cc1C. The molecule has 7 nitrogen and oxygen atoms in total. The van der Waals surface area contributed by atoms with Crippen LogP contribution >= 0.6 is 0 Å². The van der Waals surface area contributed by atoms with Gasteiger partial charge in [0.15, 0.2) is 13.2 Å². The Bertz CT molecular complexity index is 619. The quantitative estimate of drug-likeness (QED) is 0.735. The summed E-state index contributed by atoms with van der Waals surface area (Å²) >= 11 is 0. The summed E-state index contributed by atoms with van der Waals surface area (Å²) in [7, 11) is 0. The predicted molar refractivity (Wildman–Crippen MR) is 93.5 cm³/mol. The smallest absolute Gasteiger partial charge is 0.344 e. The second-order valence-corrected chi connectivity index (χ2v) is 6.01. The van der Waals surface area contributed by atoms with Crippen LogP contribution in [0.15, 0.2) is 12.1 Å². The van der Waals surface area contributed by atoms with Gasteiger partial charge in [0, 0.05) is 6.04 Å². The minimum atomic E-state index is -0.697. The first-order valence-electron chi connectivity index (χ1n) is 8.19. The van der Waals surface area contributed by atoms with E-state index in [1.54, 1.807) is 0 Å². The third-order valence-electron chi connectivity index (χ3n) is 3.55. The average Bonchev–Trinajstić information content (AvgIpc) is 2.51. The zero-order chi connectivity index (χ0) is 19.0. The number of carbonyl (C=O) groups excluding carboxylic acids is 3. The van der Waals surface area contributed by atoms with Crippen LogP contribution in [-0.4, -0.2) is 37.2 Å². The molecule has 2 N–H and O–H groups in total. The monoisotopic (exact) mass is 350 g/mol. The number of carbonyl (C=O) groups is 3. The molecule has 0 aliphatic rings. The first kappa shape index (κ1) is 20.5. The molecule has 1 aromatic rings. The number of aryl methyl sites for hydroxylation is 3. The molecule has 138 valence electrons. The summed E-state index contributed by atoms with van der Waals surface area (Å²) in [5, 5.41) is 4.67. The minimum Gasteiger partial charge on any atom is -0.481 e. The highest BCUT2D eigenvalue weighted by Gasteiger charge is 2.13. The molecule has 0 saturated heterocycles. The van der Waals surface area contributed by atoms with Crippen LogP contribution in [0.3, 0.4) is 0 Å². The fraction of sp³-hybridized carbons (Fsp3) is 0.500. The van der Waals surface area contributed by atoms with Crippen LogP contribution in [0.4, 0.5) is 4.79 Å². The molecule has 0 bridgehead atoms. The standard InChI is InChI=1S/C18H26N2O5/c1-6-14(5)19-18(23)20-15(21)9-24-16(22)10-25-17-12(3)7-11(2)8-13(17)4/h7-8,14H,6,9-10H2,1-5H3,(H2,19,20,21,23)/t14-/m1/s1.